The molecule has 0 saturated carbocycles. The molecule has 0 fully saturated rings. The standard InChI is InChI=1S/C9H6Br2F2O2/c1-2-15-9(14)6-7(10)4(12)3-5(13)8(6)11/h3H,2H2,1H3. The highest BCUT2D eigenvalue weighted by Crippen LogP contribution is 2.31. The van der Waals surface area contributed by atoms with E-state index in [1.807, 2.05) is 0 Å². The van der Waals surface area contributed by atoms with E-state index < -0.39 is 17.6 Å². The number of benzene rings is 1. The van der Waals surface area contributed by atoms with E-state index in [0.29, 0.717) is 6.07 Å². The quantitative estimate of drug-likeness (QED) is 0.605. The van der Waals surface area contributed by atoms with E-state index in [4.69, 9.17) is 0 Å². The van der Waals surface area contributed by atoms with E-state index in [2.05, 4.69) is 36.6 Å². The number of hydrogen-bond donors (Lipinski definition) is 0. The van der Waals surface area contributed by atoms with Crippen molar-refractivity contribution in [2.24, 2.45) is 0 Å². The molecule has 2 nitrogen and oxygen atoms in total. The van der Waals surface area contributed by atoms with Crippen LogP contribution in [0.4, 0.5) is 8.78 Å². The van der Waals surface area contributed by atoms with Gasteiger partial charge < -0.3 is 4.74 Å². The molecule has 0 radical (unpaired) electrons. The minimum absolute atomic E-state index is 0.116. The third-order valence-corrected chi connectivity index (χ3v) is 3.14. The zero-order valence-corrected chi connectivity index (χ0v) is 10.8. The molecule has 0 aromatic heterocycles. The molecular weight excluding hydrogens is 338 g/mol. The van der Waals surface area contributed by atoms with Crippen LogP contribution < -0.4 is 0 Å². The second kappa shape index (κ2) is 5.03. The Kier molecular flexibility index (Phi) is 4.21. The van der Waals surface area contributed by atoms with Gasteiger partial charge in [-0.2, -0.15) is 0 Å². The van der Waals surface area contributed by atoms with Crippen LogP contribution in [0, 0.1) is 11.6 Å². The van der Waals surface area contributed by atoms with E-state index in [1.54, 1.807) is 6.92 Å². The third-order valence-electron chi connectivity index (χ3n) is 1.59. The van der Waals surface area contributed by atoms with Crippen LogP contribution in [0.25, 0.3) is 0 Å². The molecular formula is C9H6Br2F2O2. The van der Waals surface area contributed by atoms with Gasteiger partial charge >= 0.3 is 5.97 Å². The van der Waals surface area contributed by atoms with Gasteiger partial charge in [0.05, 0.1) is 21.1 Å². The molecule has 1 aromatic carbocycles. The molecule has 82 valence electrons. The third kappa shape index (κ3) is 2.55. The van der Waals surface area contributed by atoms with Crippen LogP contribution in [0.1, 0.15) is 17.3 Å². The lowest BCUT2D eigenvalue weighted by Gasteiger charge is -2.08. The summed E-state index contributed by atoms with van der Waals surface area (Å²) >= 11 is 5.73. The number of ether oxygens (including phenoxy) is 1. The van der Waals surface area contributed by atoms with Crippen LogP contribution in [0.5, 0.6) is 0 Å². The number of esters is 1. The van der Waals surface area contributed by atoms with E-state index >= 15 is 0 Å². The van der Waals surface area contributed by atoms with Gasteiger partial charge in [0.15, 0.2) is 0 Å². The molecule has 6 heteroatoms. The van der Waals surface area contributed by atoms with Gasteiger partial charge in [-0.15, -0.1) is 0 Å². The number of carbonyl (C=O) groups is 1. The maximum Gasteiger partial charge on any atom is 0.340 e. The van der Waals surface area contributed by atoms with Crippen molar-refractivity contribution in [3.63, 3.8) is 0 Å². The Morgan fingerprint density at radius 1 is 1.33 bits per heavy atom. The first-order valence-corrected chi connectivity index (χ1v) is 5.57. The lowest BCUT2D eigenvalue weighted by molar-refractivity contribution is 0.0522. The average Bonchev–Trinajstić information content (AvgIpc) is 2.16. The van der Waals surface area contributed by atoms with Gasteiger partial charge in [-0.25, -0.2) is 13.6 Å². The maximum absolute atomic E-state index is 13.1. The molecule has 0 heterocycles. The summed E-state index contributed by atoms with van der Waals surface area (Å²) in [5.41, 5.74) is -0.186. The predicted molar refractivity (Wildman–Crippen MR) is 57.7 cm³/mol. The van der Waals surface area contributed by atoms with Crippen LogP contribution in [-0.2, 0) is 4.74 Å². The van der Waals surface area contributed by atoms with Crippen molar-refractivity contribution in [1.82, 2.24) is 0 Å². The van der Waals surface area contributed by atoms with Gasteiger partial charge in [0, 0.05) is 6.07 Å². The first kappa shape index (κ1) is 12.6. The van der Waals surface area contributed by atoms with Gasteiger partial charge in [-0.3, -0.25) is 0 Å². The minimum atomic E-state index is -0.848. The summed E-state index contributed by atoms with van der Waals surface area (Å²) < 4.78 is 30.6. The molecule has 0 atom stereocenters. The Morgan fingerprint density at radius 3 is 2.20 bits per heavy atom. The summed E-state index contributed by atoms with van der Waals surface area (Å²) in [6.45, 7) is 1.74. The molecule has 15 heavy (non-hydrogen) atoms. The number of rotatable bonds is 2. The Morgan fingerprint density at radius 2 is 1.80 bits per heavy atom. The normalized spacial score (nSPS) is 10.2. The molecule has 0 saturated heterocycles. The Bertz CT molecular complexity index is 381. The van der Waals surface area contributed by atoms with Crippen molar-refractivity contribution in [3.8, 4) is 0 Å². The minimum Gasteiger partial charge on any atom is -0.462 e. The summed E-state index contributed by atoms with van der Waals surface area (Å²) in [7, 11) is 0. The van der Waals surface area contributed by atoms with Crippen molar-refractivity contribution in [1.29, 1.82) is 0 Å². The second-order valence-corrected chi connectivity index (χ2v) is 4.15. The summed E-state index contributed by atoms with van der Waals surface area (Å²) in [4.78, 5) is 11.4. The van der Waals surface area contributed by atoms with Crippen molar-refractivity contribution in [2.75, 3.05) is 6.61 Å². The van der Waals surface area contributed by atoms with Gasteiger partial charge in [0.1, 0.15) is 11.6 Å². The maximum atomic E-state index is 13.1. The molecule has 0 bridgehead atoms. The Balaban J connectivity index is 3.32. The highest BCUT2D eigenvalue weighted by molar-refractivity contribution is 9.11. The summed E-state index contributed by atoms with van der Waals surface area (Å²) in [6, 6.07) is 0.677. The van der Waals surface area contributed by atoms with Crippen LogP contribution >= 0.6 is 31.9 Å². The van der Waals surface area contributed by atoms with E-state index in [1.165, 1.54) is 0 Å². The number of halogens is 4. The SMILES string of the molecule is CCOC(=O)c1c(Br)c(F)cc(F)c1Br. The number of hydrogen-bond acceptors (Lipinski definition) is 2. The molecule has 0 amide bonds. The largest absolute Gasteiger partial charge is 0.462 e. The van der Waals surface area contributed by atoms with Gasteiger partial charge in [0.2, 0.25) is 0 Å². The highest BCUT2D eigenvalue weighted by atomic mass is 79.9. The fourth-order valence-electron chi connectivity index (χ4n) is 0.956. The molecule has 0 spiro atoms. The average molecular weight is 344 g/mol. The first-order valence-electron chi connectivity index (χ1n) is 3.99. The molecule has 0 N–H and O–H groups in total. The van der Waals surface area contributed by atoms with Crippen molar-refractivity contribution < 1.29 is 18.3 Å². The van der Waals surface area contributed by atoms with Gasteiger partial charge in [-0.1, -0.05) is 0 Å². The smallest absolute Gasteiger partial charge is 0.340 e. The molecule has 1 rings (SSSR count). The van der Waals surface area contributed by atoms with Gasteiger partial charge in [-0.05, 0) is 38.8 Å². The zero-order valence-electron chi connectivity index (χ0n) is 7.61. The molecule has 0 aliphatic carbocycles. The van der Waals surface area contributed by atoms with E-state index in [-0.39, 0.29) is 21.1 Å². The topological polar surface area (TPSA) is 26.3 Å². The van der Waals surface area contributed by atoms with E-state index in [0.717, 1.165) is 0 Å². The van der Waals surface area contributed by atoms with Crippen LogP contribution in [0.3, 0.4) is 0 Å². The second-order valence-electron chi connectivity index (χ2n) is 2.56. The van der Waals surface area contributed by atoms with Crippen molar-refractivity contribution >= 4 is 37.8 Å². The first-order chi connectivity index (χ1) is 6.99. The molecule has 0 unspecified atom stereocenters. The van der Waals surface area contributed by atoms with Crippen molar-refractivity contribution in [3.05, 3.63) is 32.2 Å². The molecule has 0 aliphatic rings. The zero-order chi connectivity index (χ0) is 11.6. The lowest BCUT2D eigenvalue weighted by atomic mass is 10.2. The fourth-order valence-corrected chi connectivity index (χ4v) is 2.17. The summed E-state index contributed by atoms with van der Waals surface area (Å²) in [5, 5.41) is 0. The fraction of sp³-hybridized carbons (Fsp3) is 0.222. The van der Waals surface area contributed by atoms with Gasteiger partial charge in [0.25, 0.3) is 0 Å². The highest BCUT2D eigenvalue weighted by Gasteiger charge is 2.21. The summed E-state index contributed by atoms with van der Waals surface area (Å²) in [6.07, 6.45) is 0. The Hall–Kier alpha value is -0.490. The predicted octanol–water partition coefficient (Wildman–Crippen LogP) is 3.67. The molecule has 0 aliphatic heterocycles. The molecule has 1 aromatic rings. The van der Waals surface area contributed by atoms with Crippen LogP contribution in [0.2, 0.25) is 0 Å². The Labute approximate surface area is 102 Å². The van der Waals surface area contributed by atoms with E-state index in [9.17, 15) is 13.6 Å². The summed E-state index contributed by atoms with van der Waals surface area (Å²) in [5.74, 6) is -2.48. The monoisotopic (exact) mass is 342 g/mol. The van der Waals surface area contributed by atoms with Crippen molar-refractivity contribution in [2.45, 2.75) is 6.92 Å². The van der Waals surface area contributed by atoms with Crippen LogP contribution in [-0.4, -0.2) is 12.6 Å². The lowest BCUT2D eigenvalue weighted by Crippen LogP contribution is -2.08. The van der Waals surface area contributed by atoms with Crippen LogP contribution in [0.15, 0.2) is 15.0 Å². The number of carbonyl (C=O) groups excluding carboxylic acids is 1.